The zero-order valence-corrected chi connectivity index (χ0v) is 14.7. The smallest absolute Gasteiger partial charge is 0.344 e. The van der Waals surface area contributed by atoms with Crippen molar-refractivity contribution in [3.8, 4) is 11.5 Å². The maximum absolute atomic E-state index is 12.8. The van der Waals surface area contributed by atoms with Gasteiger partial charge in [0.25, 0.3) is 5.91 Å². The Kier molecular flexibility index (Phi) is 6.54. The second-order valence-corrected chi connectivity index (χ2v) is 5.57. The lowest BCUT2D eigenvalue weighted by Gasteiger charge is -2.16. The number of halogens is 1. The monoisotopic (exact) mass is 361 g/mol. The molecule has 2 aromatic carbocycles. The molecule has 0 radical (unpaired) electrons. The van der Waals surface area contributed by atoms with Gasteiger partial charge in [-0.1, -0.05) is 6.07 Å². The van der Waals surface area contributed by atoms with Crippen LogP contribution in [0.2, 0.25) is 0 Å². The molecule has 0 fully saturated rings. The Morgan fingerprint density at radius 3 is 2.50 bits per heavy atom. The number of rotatable bonds is 7. The van der Waals surface area contributed by atoms with Crippen LogP contribution in [0.15, 0.2) is 42.5 Å². The highest BCUT2D eigenvalue weighted by atomic mass is 19.1. The Labute approximate surface area is 150 Å². The summed E-state index contributed by atoms with van der Waals surface area (Å²) in [6.45, 7) is 2.94. The zero-order valence-electron chi connectivity index (χ0n) is 14.7. The summed E-state index contributed by atoms with van der Waals surface area (Å²) in [5, 5.41) is 2.66. The van der Waals surface area contributed by atoms with E-state index in [1.807, 2.05) is 13.0 Å². The second kappa shape index (κ2) is 8.84. The van der Waals surface area contributed by atoms with Crippen molar-refractivity contribution in [1.29, 1.82) is 0 Å². The summed E-state index contributed by atoms with van der Waals surface area (Å²) in [5.41, 5.74) is 1.43. The van der Waals surface area contributed by atoms with Crippen molar-refractivity contribution >= 4 is 17.6 Å². The minimum absolute atomic E-state index is 0.324. The number of ether oxygens (including phenoxy) is 3. The molecule has 26 heavy (non-hydrogen) atoms. The average molecular weight is 361 g/mol. The first-order valence-electron chi connectivity index (χ1n) is 7.92. The lowest BCUT2D eigenvalue weighted by atomic mass is 10.2. The van der Waals surface area contributed by atoms with E-state index in [0.717, 1.165) is 5.56 Å². The molecule has 0 aliphatic rings. The normalized spacial score (nSPS) is 11.4. The van der Waals surface area contributed by atoms with Crippen molar-refractivity contribution < 1.29 is 28.2 Å². The van der Waals surface area contributed by atoms with Crippen LogP contribution in [0.3, 0.4) is 0 Å². The first-order chi connectivity index (χ1) is 12.4. The van der Waals surface area contributed by atoms with Gasteiger partial charge in [-0.15, -0.1) is 0 Å². The van der Waals surface area contributed by atoms with Crippen LogP contribution in [0.4, 0.5) is 10.1 Å². The number of hydrogen-bond donors (Lipinski definition) is 1. The van der Waals surface area contributed by atoms with Gasteiger partial charge in [-0.05, 0) is 55.8 Å². The van der Waals surface area contributed by atoms with Crippen molar-refractivity contribution in [1.82, 2.24) is 0 Å². The highest BCUT2D eigenvalue weighted by molar-refractivity contribution is 5.96. The Hall–Kier alpha value is -3.09. The predicted octanol–water partition coefficient (Wildman–Crippen LogP) is 3.09. The summed E-state index contributed by atoms with van der Waals surface area (Å²) in [6.07, 6.45) is -1.02. The fourth-order valence-electron chi connectivity index (χ4n) is 2.11. The summed E-state index contributed by atoms with van der Waals surface area (Å²) >= 11 is 0. The zero-order chi connectivity index (χ0) is 19.1. The van der Waals surface area contributed by atoms with Gasteiger partial charge in [0.15, 0.2) is 12.7 Å². The van der Waals surface area contributed by atoms with E-state index < -0.39 is 30.4 Å². The number of carbonyl (C=O) groups excluding carboxylic acids is 2. The third-order valence-electron chi connectivity index (χ3n) is 3.46. The highest BCUT2D eigenvalue weighted by Crippen LogP contribution is 2.25. The van der Waals surface area contributed by atoms with Crippen LogP contribution in [-0.4, -0.2) is 31.7 Å². The molecular formula is C19H20FNO5. The van der Waals surface area contributed by atoms with Crippen molar-refractivity contribution in [2.24, 2.45) is 0 Å². The maximum atomic E-state index is 12.8. The first-order valence-corrected chi connectivity index (χ1v) is 7.92. The van der Waals surface area contributed by atoms with Crippen LogP contribution < -0.4 is 14.8 Å². The van der Waals surface area contributed by atoms with E-state index in [-0.39, 0.29) is 0 Å². The molecule has 2 aromatic rings. The molecule has 2 rings (SSSR count). The predicted molar refractivity (Wildman–Crippen MR) is 93.8 cm³/mol. The molecule has 1 atom stereocenters. The summed E-state index contributed by atoms with van der Waals surface area (Å²) in [5.74, 6) is -0.791. The first kappa shape index (κ1) is 19.2. The minimum Gasteiger partial charge on any atom is -0.495 e. The largest absolute Gasteiger partial charge is 0.495 e. The SMILES string of the molecule is COc1ccc(C)cc1NC(=O)[C@H](C)OC(=O)COc1ccc(F)cc1. The molecule has 0 aliphatic heterocycles. The van der Waals surface area contributed by atoms with Crippen LogP contribution in [0.5, 0.6) is 11.5 Å². The summed E-state index contributed by atoms with van der Waals surface area (Å²) < 4.78 is 28.2. The topological polar surface area (TPSA) is 73.9 Å². The van der Waals surface area contributed by atoms with E-state index in [9.17, 15) is 14.0 Å². The van der Waals surface area contributed by atoms with Gasteiger partial charge in [-0.2, -0.15) is 0 Å². The van der Waals surface area contributed by atoms with Crippen LogP contribution in [0, 0.1) is 12.7 Å². The van der Waals surface area contributed by atoms with Crippen molar-refractivity contribution in [3.05, 3.63) is 53.8 Å². The molecule has 138 valence electrons. The standard InChI is InChI=1S/C19H20FNO5/c1-12-4-9-17(24-3)16(10-12)21-19(23)13(2)26-18(22)11-25-15-7-5-14(20)6-8-15/h4-10,13H,11H2,1-3H3,(H,21,23)/t13-/m0/s1. The molecule has 6 nitrogen and oxygen atoms in total. The lowest BCUT2D eigenvalue weighted by molar-refractivity contribution is -0.155. The molecule has 1 N–H and O–H groups in total. The minimum atomic E-state index is -1.02. The van der Waals surface area contributed by atoms with Crippen LogP contribution >= 0.6 is 0 Å². The Morgan fingerprint density at radius 2 is 1.85 bits per heavy atom. The van der Waals surface area contributed by atoms with E-state index in [0.29, 0.717) is 17.2 Å². The molecule has 1 amide bonds. The molecule has 0 aliphatic carbocycles. The van der Waals surface area contributed by atoms with Gasteiger partial charge in [-0.3, -0.25) is 4.79 Å². The van der Waals surface area contributed by atoms with Gasteiger partial charge in [0.1, 0.15) is 17.3 Å². The third-order valence-corrected chi connectivity index (χ3v) is 3.46. The van der Waals surface area contributed by atoms with Gasteiger partial charge >= 0.3 is 5.97 Å². The number of nitrogens with one attached hydrogen (secondary N) is 1. The molecule has 0 saturated carbocycles. The second-order valence-electron chi connectivity index (χ2n) is 5.57. The Morgan fingerprint density at radius 1 is 1.15 bits per heavy atom. The van der Waals surface area contributed by atoms with Crippen molar-refractivity contribution in [2.45, 2.75) is 20.0 Å². The summed E-state index contributed by atoms with van der Waals surface area (Å²) in [7, 11) is 1.50. The quantitative estimate of drug-likeness (QED) is 0.767. The molecule has 0 heterocycles. The molecule has 0 spiro atoms. The molecular weight excluding hydrogens is 341 g/mol. The average Bonchev–Trinajstić information content (AvgIpc) is 2.61. The number of carbonyl (C=O) groups is 2. The number of hydrogen-bond acceptors (Lipinski definition) is 5. The van der Waals surface area contributed by atoms with Crippen LogP contribution in [-0.2, 0) is 14.3 Å². The van der Waals surface area contributed by atoms with E-state index in [2.05, 4.69) is 5.32 Å². The third kappa shape index (κ3) is 5.47. The van der Waals surface area contributed by atoms with Gasteiger partial charge in [0, 0.05) is 0 Å². The van der Waals surface area contributed by atoms with Gasteiger partial charge in [-0.25, -0.2) is 9.18 Å². The lowest BCUT2D eigenvalue weighted by Crippen LogP contribution is -2.31. The van der Waals surface area contributed by atoms with Crippen LogP contribution in [0.25, 0.3) is 0 Å². The molecule has 0 unspecified atom stereocenters. The number of amides is 1. The molecule has 0 aromatic heterocycles. The summed E-state index contributed by atoms with van der Waals surface area (Å²) in [6, 6.07) is 10.6. The number of anilines is 1. The van der Waals surface area contributed by atoms with Crippen LogP contribution in [0.1, 0.15) is 12.5 Å². The van der Waals surface area contributed by atoms with Crippen molar-refractivity contribution in [2.75, 3.05) is 19.0 Å². The fourth-order valence-corrected chi connectivity index (χ4v) is 2.11. The fraction of sp³-hybridized carbons (Fsp3) is 0.263. The van der Waals surface area contributed by atoms with E-state index in [1.165, 1.54) is 38.3 Å². The number of benzene rings is 2. The van der Waals surface area contributed by atoms with Gasteiger partial charge < -0.3 is 19.5 Å². The van der Waals surface area contributed by atoms with E-state index >= 15 is 0 Å². The molecule has 7 heteroatoms. The molecule has 0 saturated heterocycles. The van der Waals surface area contributed by atoms with Gasteiger partial charge in [0.2, 0.25) is 0 Å². The number of methoxy groups -OCH3 is 1. The maximum Gasteiger partial charge on any atom is 0.344 e. The Bertz CT molecular complexity index is 776. The van der Waals surface area contributed by atoms with Gasteiger partial charge in [0.05, 0.1) is 12.8 Å². The highest BCUT2D eigenvalue weighted by Gasteiger charge is 2.19. The van der Waals surface area contributed by atoms with Crippen molar-refractivity contribution in [3.63, 3.8) is 0 Å². The van der Waals surface area contributed by atoms with E-state index in [4.69, 9.17) is 14.2 Å². The number of aryl methyl sites for hydroxylation is 1. The Balaban J connectivity index is 1.87. The number of esters is 1. The molecule has 0 bridgehead atoms. The summed E-state index contributed by atoms with van der Waals surface area (Å²) in [4.78, 5) is 24.0. The van der Waals surface area contributed by atoms with E-state index in [1.54, 1.807) is 12.1 Å².